The van der Waals surface area contributed by atoms with Crippen LogP contribution < -0.4 is 9.47 Å². The molecule has 0 fully saturated rings. The number of methoxy groups -OCH3 is 1. The Bertz CT molecular complexity index is 904. The van der Waals surface area contributed by atoms with Crippen LogP contribution in [0.2, 0.25) is 0 Å². The predicted molar refractivity (Wildman–Crippen MR) is 104 cm³/mol. The zero-order valence-electron chi connectivity index (χ0n) is 16.2. The first kappa shape index (κ1) is 20.8. The molecule has 1 amide bonds. The van der Waals surface area contributed by atoms with Gasteiger partial charge >= 0.3 is 0 Å². The van der Waals surface area contributed by atoms with Crippen LogP contribution in [0.3, 0.4) is 0 Å². The quantitative estimate of drug-likeness (QED) is 0.722. The maximum Gasteiger partial charge on any atom is 0.267 e. The van der Waals surface area contributed by atoms with E-state index < -0.39 is 15.9 Å². The fourth-order valence-electron chi connectivity index (χ4n) is 2.34. The lowest BCUT2D eigenvalue weighted by molar-refractivity contribution is 0.0882. The minimum Gasteiger partial charge on any atom is -0.493 e. The van der Waals surface area contributed by atoms with Gasteiger partial charge in [-0.15, -0.1) is 0 Å². The fraction of sp³-hybridized carbons (Fsp3) is 0.350. The van der Waals surface area contributed by atoms with Gasteiger partial charge in [-0.3, -0.25) is 4.79 Å². The molecule has 0 saturated heterocycles. The lowest BCUT2D eigenvalue weighted by atomic mass is 10.2. The van der Waals surface area contributed by atoms with Gasteiger partial charge in [-0.1, -0.05) is 31.5 Å². The Hall–Kier alpha value is -2.54. The van der Waals surface area contributed by atoms with Crippen LogP contribution in [0.4, 0.5) is 0 Å². The number of ether oxygens (including phenoxy) is 2. The first-order valence-corrected chi connectivity index (χ1v) is 10.0. The summed E-state index contributed by atoms with van der Waals surface area (Å²) in [4.78, 5) is 12.8. The number of benzene rings is 2. The summed E-state index contributed by atoms with van der Waals surface area (Å²) in [5, 5.41) is 0. The molecule has 7 heteroatoms. The molecule has 0 heterocycles. The molecule has 0 aliphatic rings. The van der Waals surface area contributed by atoms with E-state index in [9.17, 15) is 13.2 Å². The third-order valence-electron chi connectivity index (χ3n) is 3.95. The average Bonchev–Trinajstić information content (AvgIpc) is 2.65. The molecule has 0 radical (unpaired) electrons. The second-order valence-corrected chi connectivity index (χ2v) is 8.63. The zero-order chi connectivity index (χ0) is 20.2. The highest BCUT2D eigenvalue weighted by Gasteiger charge is 2.27. The second-order valence-electron chi connectivity index (χ2n) is 6.66. The Balaban J connectivity index is 2.29. The highest BCUT2D eigenvalue weighted by molar-refractivity contribution is 7.89. The number of hydrogen-bond donors (Lipinski definition) is 0. The van der Waals surface area contributed by atoms with Crippen molar-refractivity contribution in [1.82, 2.24) is 4.31 Å². The summed E-state index contributed by atoms with van der Waals surface area (Å²) in [6, 6.07) is 11.0. The van der Waals surface area contributed by atoms with Crippen molar-refractivity contribution in [3.05, 3.63) is 53.6 Å². The van der Waals surface area contributed by atoms with Gasteiger partial charge in [0.15, 0.2) is 11.5 Å². The van der Waals surface area contributed by atoms with Crippen LogP contribution in [0.15, 0.2) is 47.4 Å². The van der Waals surface area contributed by atoms with E-state index in [2.05, 4.69) is 0 Å². The standard InChI is InChI=1S/C20H25NO5S/c1-14(2)13-26-18-11-8-16(12-19(18)25-5)20(22)21(4)27(23,24)17-9-6-15(3)7-10-17/h6-12,14H,13H2,1-5H3. The zero-order valence-corrected chi connectivity index (χ0v) is 17.0. The number of rotatable bonds is 7. The van der Waals surface area contributed by atoms with Crippen LogP contribution in [0, 0.1) is 12.8 Å². The van der Waals surface area contributed by atoms with Crippen molar-refractivity contribution in [1.29, 1.82) is 0 Å². The lowest BCUT2D eigenvalue weighted by Gasteiger charge is -2.19. The summed E-state index contributed by atoms with van der Waals surface area (Å²) >= 11 is 0. The molecule has 27 heavy (non-hydrogen) atoms. The van der Waals surface area contributed by atoms with Crippen LogP contribution in [-0.2, 0) is 10.0 Å². The molecule has 0 aliphatic heterocycles. The molecule has 0 bridgehead atoms. The molecule has 0 aromatic heterocycles. The molecular weight excluding hydrogens is 366 g/mol. The summed E-state index contributed by atoms with van der Waals surface area (Å²) in [5.41, 5.74) is 1.13. The van der Waals surface area contributed by atoms with E-state index in [0.717, 1.165) is 9.87 Å². The molecular formula is C20H25NO5S. The largest absolute Gasteiger partial charge is 0.493 e. The molecule has 2 rings (SSSR count). The van der Waals surface area contributed by atoms with Crippen LogP contribution in [0.5, 0.6) is 11.5 Å². The summed E-state index contributed by atoms with van der Waals surface area (Å²) in [5.74, 6) is 0.570. The van der Waals surface area contributed by atoms with Gasteiger partial charge in [-0.2, -0.15) is 0 Å². The minimum absolute atomic E-state index is 0.0628. The normalized spacial score (nSPS) is 11.3. The number of aryl methyl sites for hydroxylation is 1. The van der Waals surface area contributed by atoms with Crippen LogP contribution in [0.25, 0.3) is 0 Å². The molecule has 0 unspecified atom stereocenters. The van der Waals surface area contributed by atoms with Crippen molar-refractivity contribution in [3.63, 3.8) is 0 Å². The fourth-order valence-corrected chi connectivity index (χ4v) is 3.46. The predicted octanol–water partition coefficient (Wildman–Crippen LogP) is 3.50. The maximum absolute atomic E-state index is 12.7. The lowest BCUT2D eigenvalue weighted by Crippen LogP contribution is -2.33. The van der Waals surface area contributed by atoms with Crippen LogP contribution in [-0.4, -0.2) is 39.4 Å². The van der Waals surface area contributed by atoms with Gasteiger partial charge < -0.3 is 9.47 Å². The minimum atomic E-state index is -3.94. The highest BCUT2D eigenvalue weighted by atomic mass is 32.2. The summed E-state index contributed by atoms with van der Waals surface area (Å²) in [6.07, 6.45) is 0. The van der Waals surface area contributed by atoms with E-state index in [-0.39, 0.29) is 10.5 Å². The van der Waals surface area contributed by atoms with Crippen molar-refractivity contribution in [2.45, 2.75) is 25.7 Å². The van der Waals surface area contributed by atoms with Gasteiger partial charge in [0.2, 0.25) is 0 Å². The number of hydrogen-bond acceptors (Lipinski definition) is 5. The second kappa shape index (κ2) is 8.43. The Morgan fingerprint density at radius 1 is 1.07 bits per heavy atom. The molecule has 0 aliphatic carbocycles. The van der Waals surface area contributed by atoms with E-state index in [0.29, 0.717) is 24.0 Å². The molecule has 2 aromatic carbocycles. The topological polar surface area (TPSA) is 72.9 Å². The van der Waals surface area contributed by atoms with E-state index in [1.807, 2.05) is 20.8 Å². The van der Waals surface area contributed by atoms with Gasteiger partial charge in [0.1, 0.15) is 0 Å². The Labute approximate surface area is 160 Å². The average molecular weight is 391 g/mol. The van der Waals surface area contributed by atoms with Gasteiger partial charge in [-0.05, 0) is 43.2 Å². The number of sulfonamides is 1. The van der Waals surface area contributed by atoms with Crippen molar-refractivity contribution in [3.8, 4) is 11.5 Å². The molecule has 6 nitrogen and oxygen atoms in total. The first-order chi connectivity index (χ1) is 12.7. The summed E-state index contributed by atoms with van der Waals surface area (Å²) in [7, 11) is -1.23. The molecule has 0 atom stereocenters. The van der Waals surface area contributed by atoms with Gasteiger partial charge in [0.05, 0.1) is 18.6 Å². The van der Waals surface area contributed by atoms with Gasteiger partial charge in [0, 0.05) is 12.6 Å². The van der Waals surface area contributed by atoms with Gasteiger partial charge in [-0.25, -0.2) is 12.7 Å². The molecule has 0 spiro atoms. The molecule has 2 aromatic rings. The van der Waals surface area contributed by atoms with Crippen molar-refractivity contribution >= 4 is 15.9 Å². The Kier molecular flexibility index (Phi) is 6.49. The van der Waals surface area contributed by atoms with Crippen LogP contribution in [0.1, 0.15) is 29.8 Å². The molecule has 0 N–H and O–H groups in total. The first-order valence-electron chi connectivity index (χ1n) is 8.57. The van der Waals surface area contributed by atoms with Crippen molar-refractivity contribution in [2.24, 2.45) is 5.92 Å². The number of amides is 1. The molecule has 0 saturated carbocycles. The van der Waals surface area contributed by atoms with Gasteiger partial charge in [0.25, 0.3) is 15.9 Å². The van der Waals surface area contributed by atoms with Crippen molar-refractivity contribution in [2.75, 3.05) is 20.8 Å². The van der Waals surface area contributed by atoms with E-state index in [4.69, 9.17) is 9.47 Å². The maximum atomic E-state index is 12.7. The third kappa shape index (κ3) is 4.80. The smallest absolute Gasteiger partial charge is 0.267 e. The van der Waals surface area contributed by atoms with E-state index in [1.165, 1.54) is 38.4 Å². The Morgan fingerprint density at radius 2 is 1.70 bits per heavy atom. The SMILES string of the molecule is COc1cc(C(=O)N(C)S(=O)(=O)c2ccc(C)cc2)ccc1OCC(C)C. The molecule has 146 valence electrons. The van der Waals surface area contributed by atoms with Crippen molar-refractivity contribution < 1.29 is 22.7 Å². The summed E-state index contributed by atoms with van der Waals surface area (Å²) in [6.45, 7) is 6.41. The monoisotopic (exact) mass is 391 g/mol. The van der Waals surface area contributed by atoms with Crippen LogP contribution >= 0.6 is 0 Å². The Morgan fingerprint density at radius 3 is 2.26 bits per heavy atom. The van der Waals surface area contributed by atoms with E-state index in [1.54, 1.807) is 18.2 Å². The number of carbonyl (C=O) groups is 1. The number of nitrogens with zero attached hydrogens (tertiary/aromatic N) is 1. The third-order valence-corrected chi connectivity index (χ3v) is 5.70. The number of carbonyl (C=O) groups excluding carboxylic acids is 1. The van der Waals surface area contributed by atoms with E-state index >= 15 is 0 Å². The highest BCUT2D eigenvalue weighted by Crippen LogP contribution is 2.29. The summed E-state index contributed by atoms with van der Waals surface area (Å²) < 4.78 is 37.1.